The number of halogens is 1. The first-order valence-corrected chi connectivity index (χ1v) is 13.4. The van der Waals surface area contributed by atoms with Crippen LogP contribution in [0.4, 0.5) is 0 Å². The number of rotatable bonds is 9. The van der Waals surface area contributed by atoms with Crippen LogP contribution in [0.3, 0.4) is 0 Å². The normalized spacial score (nSPS) is 11.8. The van der Waals surface area contributed by atoms with Crippen LogP contribution >= 0.6 is 11.6 Å². The van der Waals surface area contributed by atoms with E-state index >= 15 is 0 Å². The van der Waals surface area contributed by atoms with E-state index in [1.54, 1.807) is 24.4 Å². The fourth-order valence-electron chi connectivity index (χ4n) is 4.05. The van der Waals surface area contributed by atoms with E-state index in [0.717, 1.165) is 32.5 Å². The summed E-state index contributed by atoms with van der Waals surface area (Å²) < 4.78 is 29.8. The quantitative estimate of drug-likeness (QED) is 0.240. The number of hydrogen-bond donors (Lipinski definition) is 1. The second-order valence-corrected chi connectivity index (χ2v) is 10.9. The number of carbonyl (C=O) groups is 1. The van der Waals surface area contributed by atoms with Crippen molar-refractivity contribution < 1.29 is 13.2 Å². The van der Waals surface area contributed by atoms with E-state index in [0.29, 0.717) is 5.02 Å². The molecule has 0 atom stereocenters. The van der Waals surface area contributed by atoms with Gasteiger partial charge in [-0.15, -0.1) is 0 Å². The Morgan fingerprint density at radius 1 is 0.973 bits per heavy atom. The van der Waals surface area contributed by atoms with Crippen LogP contribution in [0.1, 0.15) is 22.5 Å². The number of aromatic nitrogens is 1. The van der Waals surface area contributed by atoms with Crippen molar-refractivity contribution in [3.05, 3.63) is 119 Å². The molecule has 7 nitrogen and oxygen atoms in total. The molecule has 0 unspecified atom stereocenters. The van der Waals surface area contributed by atoms with E-state index in [2.05, 4.69) is 10.5 Å². The average molecular weight is 535 g/mol. The summed E-state index contributed by atoms with van der Waals surface area (Å²) >= 11 is 6.15. The third-order valence-corrected chi connectivity index (χ3v) is 7.87. The zero-order valence-electron chi connectivity index (χ0n) is 20.5. The Balaban J connectivity index is 1.50. The highest BCUT2D eigenvalue weighted by molar-refractivity contribution is 7.89. The van der Waals surface area contributed by atoms with E-state index in [9.17, 15) is 13.2 Å². The molecule has 0 aliphatic heterocycles. The fraction of sp³-hybridized carbons (Fsp3) is 0.143. The molecule has 3 aromatic carbocycles. The van der Waals surface area contributed by atoms with Crippen LogP contribution in [0.5, 0.6) is 0 Å². The van der Waals surface area contributed by atoms with Crippen molar-refractivity contribution in [3.8, 4) is 5.69 Å². The molecule has 1 N–H and O–H groups in total. The Bertz CT molecular complexity index is 1520. The highest BCUT2D eigenvalue weighted by Crippen LogP contribution is 2.22. The molecule has 1 heterocycles. The van der Waals surface area contributed by atoms with Gasteiger partial charge in [0, 0.05) is 34.2 Å². The molecule has 0 saturated heterocycles. The second-order valence-electron chi connectivity index (χ2n) is 8.51. The molecule has 37 heavy (non-hydrogen) atoms. The molecule has 0 fully saturated rings. The van der Waals surface area contributed by atoms with Gasteiger partial charge in [-0.25, -0.2) is 13.8 Å². The molecule has 4 aromatic rings. The molecule has 0 aliphatic carbocycles. The maximum Gasteiger partial charge on any atom is 0.255 e. The minimum absolute atomic E-state index is 0.0516. The standard InChI is InChI=1S/C28H27ClN4O3S/c1-21-16-24(22(2)33(21)26-13-9-12-25(29)17-26)18-30-31-28(34)20-32(19-23-10-5-3-6-11-23)37(35,36)27-14-7-4-8-15-27/h3-18H,19-20H2,1-2H3,(H,31,34)/b30-18-. The van der Waals surface area contributed by atoms with Gasteiger partial charge in [0.1, 0.15) is 0 Å². The Morgan fingerprint density at radius 2 is 1.65 bits per heavy atom. The lowest BCUT2D eigenvalue weighted by Gasteiger charge is -2.21. The number of nitrogens with zero attached hydrogens (tertiary/aromatic N) is 3. The number of hydrazone groups is 1. The third-order valence-electron chi connectivity index (χ3n) is 5.83. The second kappa shape index (κ2) is 11.6. The molecule has 0 saturated carbocycles. The summed E-state index contributed by atoms with van der Waals surface area (Å²) in [5, 5.41) is 4.73. The molecule has 0 aliphatic rings. The Labute approximate surface area is 222 Å². The van der Waals surface area contributed by atoms with Gasteiger partial charge in [0.05, 0.1) is 17.7 Å². The van der Waals surface area contributed by atoms with Crippen molar-refractivity contribution >= 4 is 33.7 Å². The smallest absolute Gasteiger partial charge is 0.255 e. The van der Waals surface area contributed by atoms with E-state index in [1.807, 2.05) is 79.1 Å². The van der Waals surface area contributed by atoms with Crippen molar-refractivity contribution in [2.75, 3.05) is 6.54 Å². The summed E-state index contributed by atoms with van der Waals surface area (Å²) in [4.78, 5) is 12.9. The Kier molecular flexibility index (Phi) is 8.23. The van der Waals surface area contributed by atoms with Crippen molar-refractivity contribution in [2.24, 2.45) is 5.10 Å². The van der Waals surface area contributed by atoms with Gasteiger partial charge in [0.15, 0.2) is 0 Å². The van der Waals surface area contributed by atoms with Crippen molar-refractivity contribution in [2.45, 2.75) is 25.3 Å². The van der Waals surface area contributed by atoms with Gasteiger partial charge >= 0.3 is 0 Å². The van der Waals surface area contributed by atoms with E-state index in [1.165, 1.54) is 12.1 Å². The van der Waals surface area contributed by atoms with E-state index in [-0.39, 0.29) is 18.0 Å². The molecule has 1 aromatic heterocycles. The molecular formula is C28H27ClN4O3S. The zero-order chi connectivity index (χ0) is 26.4. The lowest BCUT2D eigenvalue weighted by atomic mass is 10.2. The van der Waals surface area contributed by atoms with Gasteiger partial charge in [-0.1, -0.05) is 66.2 Å². The highest BCUT2D eigenvalue weighted by atomic mass is 35.5. The number of sulfonamides is 1. The zero-order valence-corrected chi connectivity index (χ0v) is 22.1. The molecule has 0 radical (unpaired) electrons. The van der Waals surface area contributed by atoms with E-state index < -0.39 is 15.9 Å². The Morgan fingerprint density at radius 3 is 2.32 bits per heavy atom. The number of aryl methyl sites for hydroxylation is 1. The minimum Gasteiger partial charge on any atom is -0.318 e. The maximum absolute atomic E-state index is 13.3. The summed E-state index contributed by atoms with van der Waals surface area (Å²) in [6, 6.07) is 26.7. The lowest BCUT2D eigenvalue weighted by Crippen LogP contribution is -2.39. The van der Waals surface area contributed by atoms with Crippen LogP contribution in [0.2, 0.25) is 5.02 Å². The van der Waals surface area contributed by atoms with Crippen LogP contribution in [0.15, 0.2) is 101 Å². The van der Waals surface area contributed by atoms with Crippen molar-refractivity contribution in [1.29, 1.82) is 0 Å². The predicted molar refractivity (Wildman–Crippen MR) is 146 cm³/mol. The number of carbonyl (C=O) groups excluding carboxylic acids is 1. The number of benzene rings is 3. The van der Waals surface area contributed by atoms with Crippen LogP contribution < -0.4 is 5.43 Å². The summed E-state index contributed by atoms with van der Waals surface area (Å²) in [7, 11) is -3.91. The van der Waals surface area contributed by atoms with Crippen LogP contribution in [0, 0.1) is 13.8 Å². The SMILES string of the molecule is Cc1cc(/C=N\NC(=O)CN(Cc2ccccc2)S(=O)(=O)c2ccccc2)c(C)n1-c1cccc(Cl)c1. The van der Waals surface area contributed by atoms with Crippen LogP contribution in [-0.2, 0) is 21.4 Å². The predicted octanol–water partition coefficient (Wildman–Crippen LogP) is 5.09. The number of nitrogens with one attached hydrogen (secondary N) is 1. The molecule has 190 valence electrons. The summed E-state index contributed by atoms with van der Waals surface area (Å²) in [5.74, 6) is -0.546. The van der Waals surface area contributed by atoms with Gasteiger partial charge in [-0.3, -0.25) is 4.79 Å². The summed E-state index contributed by atoms with van der Waals surface area (Å²) in [5.41, 5.74) is 6.89. The molecule has 0 spiro atoms. The summed E-state index contributed by atoms with van der Waals surface area (Å²) in [6.07, 6.45) is 1.55. The number of hydrogen-bond acceptors (Lipinski definition) is 4. The molecule has 9 heteroatoms. The van der Waals surface area contributed by atoms with Gasteiger partial charge in [0.25, 0.3) is 5.91 Å². The van der Waals surface area contributed by atoms with Gasteiger partial charge < -0.3 is 4.57 Å². The molecule has 4 rings (SSSR count). The first kappa shape index (κ1) is 26.3. The molecular weight excluding hydrogens is 508 g/mol. The van der Waals surface area contributed by atoms with Gasteiger partial charge in [0.2, 0.25) is 10.0 Å². The van der Waals surface area contributed by atoms with Crippen molar-refractivity contribution in [3.63, 3.8) is 0 Å². The highest BCUT2D eigenvalue weighted by Gasteiger charge is 2.26. The van der Waals surface area contributed by atoms with Gasteiger partial charge in [-0.2, -0.15) is 9.41 Å². The Hall–Kier alpha value is -3.72. The largest absolute Gasteiger partial charge is 0.318 e. The number of amides is 1. The van der Waals surface area contributed by atoms with Gasteiger partial charge in [-0.05, 0) is 55.8 Å². The average Bonchev–Trinajstić information content (AvgIpc) is 3.17. The monoisotopic (exact) mass is 534 g/mol. The van der Waals surface area contributed by atoms with Crippen LogP contribution in [0.25, 0.3) is 5.69 Å². The maximum atomic E-state index is 13.3. The van der Waals surface area contributed by atoms with Crippen LogP contribution in [-0.4, -0.2) is 36.0 Å². The topological polar surface area (TPSA) is 83.8 Å². The lowest BCUT2D eigenvalue weighted by molar-refractivity contribution is -0.121. The minimum atomic E-state index is -3.91. The van der Waals surface area contributed by atoms with E-state index in [4.69, 9.17) is 11.6 Å². The first-order chi connectivity index (χ1) is 17.8. The molecule has 1 amide bonds. The fourth-order valence-corrected chi connectivity index (χ4v) is 5.64. The van der Waals surface area contributed by atoms with Crippen molar-refractivity contribution in [1.82, 2.24) is 14.3 Å². The third kappa shape index (κ3) is 6.35. The summed E-state index contributed by atoms with van der Waals surface area (Å²) in [6.45, 7) is 3.59. The molecule has 0 bridgehead atoms. The first-order valence-electron chi connectivity index (χ1n) is 11.6.